The third-order valence-electron chi connectivity index (χ3n) is 2.89. The Labute approximate surface area is 109 Å². The van der Waals surface area contributed by atoms with Gasteiger partial charge in [0.05, 0.1) is 0 Å². The minimum Gasteiger partial charge on any atom is -0.353 e. The average molecular weight is 267 g/mol. The lowest BCUT2D eigenvalue weighted by Gasteiger charge is -2.26. The maximum absolute atomic E-state index is 11.9. The lowest BCUT2D eigenvalue weighted by Crippen LogP contribution is -2.42. The van der Waals surface area contributed by atoms with E-state index in [0.29, 0.717) is 0 Å². The monoisotopic (exact) mass is 266 g/mol. The van der Waals surface area contributed by atoms with Crippen LogP contribution >= 0.6 is 24.2 Å². The van der Waals surface area contributed by atoms with Gasteiger partial charge in [-0.1, -0.05) is 6.42 Å². The zero-order chi connectivity index (χ0) is 11.3. The number of halogens is 1. The zero-order valence-corrected chi connectivity index (χ0v) is 11.7. The Morgan fingerprint density at radius 2 is 2.25 bits per heavy atom. The summed E-state index contributed by atoms with van der Waals surface area (Å²) in [6, 6.07) is 0.496. The smallest absolute Gasteiger partial charge is 0.223 e. The topological polar surface area (TPSA) is 55.1 Å². The number of carbonyl (C=O) groups is 1. The molecule has 3 atom stereocenters. The summed E-state index contributed by atoms with van der Waals surface area (Å²) in [5, 5.41) is 3.06. The molecule has 0 aromatic carbocycles. The highest BCUT2D eigenvalue weighted by molar-refractivity contribution is 7.98. The Balaban J connectivity index is 0.00000225. The molecule has 1 aliphatic carbocycles. The van der Waals surface area contributed by atoms with Gasteiger partial charge >= 0.3 is 0 Å². The fraction of sp³-hybridized carbons (Fsp3) is 0.909. The molecule has 3 N–H and O–H groups in total. The molecule has 1 fully saturated rings. The Morgan fingerprint density at radius 3 is 2.81 bits per heavy atom. The SMILES string of the molecule is CSCC(C)NC(=O)C1CCCC(N)C1.Cl. The van der Waals surface area contributed by atoms with Gasteiger partial charge in [-0.05, 0) is 32.4 Å². The summed E-state index contributed by atoms with van der Waals surface area (Å²) >= 11 is 1.76. The molecule has 0 heterocycles. The van der Waals surface area contributed by atoms with Crippen molar-refractivity contribution in [3.63, 3.8) is 0 Å². The van der Waals surface area contributed by atoms with Crippen LogP contribution in [0.1, 0.15) is 32.6 Å². The molecule has 0 aromatic rings. The van der Waals surface area contributed by atoms with Crippen molar-refractivity contribution in [1.82, 2.24) is 5.32 Å². The minimum atomic E-state index is 0. The van der Waals surface area contributed by atoms with E-state index in [1.54, 1.807) is 11.8 Å². The van der Waals surface area contributed by atoms with Gasteiger partial charge in [-0.15, -0.1) is 12.4 Å². The molecule has 0 bridgehead atoms. The predicted octanol–water partition coefficient (Wildman–Crippen LogP) is 1.79. The lowest BCUT2D eigenvalue weighted by molar-refractivity contribution is -0.126. The maximum atomic E-state index is 11.9. The van der Waals surface area contributed by atoms with Crippen molar-refractivity contribution in [3.05, 3.63) is 0 Å². The molecule has 0 radical (unpaired) electrons. The van der Waals surface area contributed by atoms with Crippen LogP contribution < -0.4 is 11.1 Å². The van der Waals surface area contributed by atoms with E-state index in [1.807, 2.05) is 0 Å². The summed E-state index contributed by atoms with van der Waals surface area (Å²) in [5.41, 5.74) is 5.87. The van der Waals surface area contributed by atoms with Crippen molar-refractivity contribution in [3.8, 4) is 0 Å². The first-order valence-corrected chi connectivity index (χ1v) is 7.07. The number of carbonyl (C=O) groups excluding carboxylic acids is 1. The van der Waals surface area contributed by atoms with Gasteiger partial charge in [0.2, 0.25) is 5.91 Å². The van der Waals surface area contributed by atoms with Gasteiger partial charge in [-0.3, -0.25) is 4.79 Å². The molecule has 1 aliphatic rings. The van der Waals surface area contributed by atoms with E-state index in [9.17, 15) is 4.79 Å². The van der Waals surface area contributed by atoms with E-state index >= 15 is 0 Å². The highest BCUT2D eigenvalue weighted by Crippen LogP contribution is 2.23. The zero-order valence-electron chi connectivity index (χ0n) is 10.1. The van der Waals surface area contributed by atoms with Crippen LogP contribution in [0.25, 0.3) is 0 Å². The molecule has 1 amide bonds. The van der Waals surface area contributed by atoms with E-state index in [4.69, 9.17) is 5.73 Å². The van der Waals surface area contributed by atoms with Crippen molar-refractivity contribution in [2.75, 3.05) is 12.0 Å². The standard InChI is InChI=1S/C11H22N2OS.ClH/c1-8(7-15-2)13-11(14)9-4-3-5-10(12)6-9;/h8-10H,3-7,12H2,1-2H3,(H,13,14);1H. The van der Waals surface area contributed by atoms with Crippen molar-refractivity contribution in [1.29, 1.82) is 0 Å². The van der Waals surface area contributed by atoms with Gasteiger partial charge in [-0.25, -0.2) is 0 Å². The van der Waals surface area contributed by atoms with Crippen LogP contribution in [0.4, 0.5) is 0 Å². The van der Waals surface area contributed by atoms with Crippen LogP contribution in [0.15, 0.2) is 0 Å². The Hall–Kier alpha value is 0.0700. The predicted molar refractivity (Wildman–Crippen MR) is 73.2 cm³/mol. The summed E-state index contributed by atoms with van der Waals surface area (Å²) in [4.78, 5) is 11.9. The number of nitrogens with one attached hydrogen (secondary N) is 1. The van der Waals surface area contributed by atoms with Gasteiger partial charge in [0, 0.05) is 23.8 Å². The molecule has 5 heteroatoms. The maximum Gasteiger partial charge on any atom is 0.223 e. The molecule has 0 aliphatic heterocycles. The van der Waals surface area contributed by atoms with E-state index in [0.717, 1.165) is 31.4 Å². The van der Waals surface area contributed by atoms with Crippen molar-refractivity contribution >= 4 is 30.1 Å². The largest absolute Gasteiger partial charge is 0.353 e. The van der Waals surface area contributed by atoms with Crippen molar-refractivity contribution < 1.29 is 4.79 Å². The fourth-order valence-electron chi connectivity index (χ4n) is 2.12. The van der Waals surface area contributed by atoms with Crippen molar-refractivity contribution in [2.45, 2.75) is 44.7 Å². The third-order valence-corrected chi connectivity index (χ3v) is 3.72. The summed E-state index contributed by atoms with van der Waals surface area (Å²) < 4.78 is 0. The highest BCUT2D eigenvalue weighted by atomic mass is 35.5. The number of nitrogens with two attached hydrogens (primary N) is 1. The summed E-state index contributed by atoms with van der Waals surface area (Å²) in [5.74, 6) is 1.33. The molecule has 1 saturated carbocycles. The van der Waals surface area contributed by atoms with E-state index in [2.05, 4.69) is 18.5 Å². The number of hydrogen-bond donors (Lipinski definition) is 2. The molecule has 0 spiro atoms. The Bertz CT molecular complexity index is 216. The van der Waals surface area contributed by atoms with Crippen LogP contribution in [0.3, 0.4) is 0 Å². The van der Waals surface area contributed by atoms with Crippen molar-refractivity contribution in [2.24, 2.45) is 11.7 Å². The van der Waals surface area contributed by atoms with E-state index < -0.39 is 0 Å². The Kier molecular flexibility index (Phi) is 8.24. The average Bonchev–Trinajstić information content (AvgIpc) is 2.18. The molecule has 3 nitrogen and oxygen atoms in total. The molecule has 3 unspecified atom stereocenters. The molecular weight excluding hydrogens is 244 g/mol. The van der Waals surface area contributed by atoms with Crippen LogP contribution in [0.5, 0.6) is 0 Å². The van der Waals surface area contributed by atoms with Crippen LogP contribution in [0.2, 0.25) is 0 Å². The van der Waals surface area contributed by atoms with Gasteiger partial charge < -0.3 is 11.1 Å². The number of thioether (sulfide) groups is 1. The summed E-state index contributed by atoms with van der Waals surface area (Å²) in [6.45, 7) is 2.05. The van der Waals surface area contributed by atoms with E-state index in [-0.39, 0.29) is 36.3 Å². The molecule has 0 saturated heterocycles. The van der Waals surface area contributed by atoms with E-state index in [1.165, 1.54) is 0 Å². The first-order chi connectivity index (χ1) is 7.13. The number of amides is 1. The van der Waals surface area contributed by atoms with Crippen LogP contribution in [0, 0.1) is 5.92 Å². The molecule has 1 rings (SSSR count). The second-order valence-corrected chi connectivity index (χ2v) is 5.40. The lowest BCUT2D eigenvalue weighted by atomic mass is 9.85. The molecule has 0 aromatic heterocycles. The number of rotatable bonds is 4. The van der Waals surface area contributed by atoms with Crippen LogP contribution in [-0.2, 0) is 4.79 Å². The first kappa shape index (κ1) is 16.1. The second kappa shape index (κ2) is 8.20. The number of hydrogen-bond acceptors (Lipinski definition) is 3. The quantitative estimate of drug-likeness (QED) is 0.816. The first-order valence-electron chi connectivity index (χ1n) is 5.68. The van der Waals surface area contributed by atoms with Crippen LogP contribution in [-0.4, -0.2) is 30.0 Å². The normalized spacial score (nSPS) is 26.7. The molecular formula is C11H23ClN2OS. The van der Waals surface area contributed by atoms with Gasteiger partial charge in [0.25, 0.3) is 0 Å². The highest BCUT2D eigenvalue weighted by Gasteiger charge is 2.25. The second-order valence-electron chi connectivity index (χ2n) is 4.49. The van der Waals surface area contributed by atoms with Gasteiger partial charge in [-0.2, -0.15) is 11.8 Å². The summed E-state index contributed by atoms with van der Waals surface area (Å²) in [7, 11) is 0. The summed E-state index contributed by atoms with van der Waals surface area (Å²) in [6.07, 6.45) is 6.09. The molecule has 16 heavy (non-hydrogen) atoms. The van der Waals surface area contributed by atoms with Gasteiger partial charge in [0.15, 0.2) is 0 Å². The fourth-order valence-corrected chi connectivity index (χ4v) is 2.70. The molecule has 96 valence electrons. The Morgan fingerprint density at radius 1 is 1.56 bits per heavy atom. The van der Waals surface area contributed by atoms with Gasteiger partial charge in [0.1, 0.15) is 0 Å². The third kappa shape index (κ3) is 5.41. The minimum absolute atomic E-state index is 0.